The van der Waals surface area contributed by atoms with Gasteiger partial charge >= 0.3 is 0 Å². The Hall–Kier alpha value is -3.36. The number of carbonyl (C=O) groups is 1. The molecule has 4 rings (SSSR count). The van der Waals surface area contributed by atoms with E-state index >= 15 is 0 Å². The lowest BCUT2D eigenvalue weighted by atomic mass is 10.0. The first-order chi connectivity index (χ1) is 15.8. The molecular weight excluding hydrogens is 436 g/mol. The van der Waals surface area contributed by atoms with Crippen LogP contribution in [0.3, 0.4) is 0 Å². The number of amides is 1. The molecule has 1 N–H and O–H groups in total. The second-order valence-corrected chi connectivity index (χ2v) is 8.09. The summed E-state index contributed by atoms with van der Waals surface area (Å²) < 4.78 is 55.8. The van der Waals surface area contributed by atoms with Gasteiger partial charge in [-0.25, -0.2) is 17.6 Å². The molecule has 5 nitrogen and oxygen atoms in total. The third-order valence-electron chi connectivity index (χ3n) is 6.01. The molecule has 33 heavy (non-hydrogen) atoms. The van der Waals surface area contributed by atoms with Crippen LogP contribution in [0.4, 0.5) is 28.9 Å². The summed E-state index contributed by atoms with van der Waals surface area (Å²) in [6.45, 7) is 5.40. The maximum absolute atomic E-state index is 14.9. The van der Waals surface area contributed by atoms with E-state index < -0.39 is 29.7 Å². The lowest BCUT2D eigenvalue weighted by Gasteiger charge is -2.35. The molecule has 0 aliphatic carbocycles. The number of rotatable bonds is 5. The van der Waals surface area contributed by atoms with Crippen molar-refractivity contribution in [3.05, 3.63) is 65.4 Å². The number of fused-ring (bicyclic) bond motifs is 1. The Bertz CT molecular complexity index is 1180. The van der Waals surface area contributed by atoms with Crippen LogP contribution in [0.2, 0.25) is 0 Å². The average Bonchev–Trinajstić information content (AvgIpc) is 2.79. The molecule has 1 aliphatic rings. The molecule has 3 aromatic rings. The molecule has 1 aromatic heterocycles. The normalized spacial score (nSPS) is 15.2. The molecular formula is C24H24F4N4O. The summed E-state index contributed by atoms with van der Waals surface area (Å²) in [5.41, 5.74) is 0.754. The molecule has 1 saturated heterocycles. The number of hydrogen-bond donors (Lipinski definition) is 1. The SMILES string of the molecule is CC(=O)N1CCN(c2cc(F)c3nccc(N[C@H](C)c4cccc(C(F)F)c4F)c3c2)CC1. The van der Waals surface area contributed by atoms with E-state index in [-0.39, 0.29) is 17.0 Å². The van der Waals surface area contributed by atoms with Crippen LogP contribution in [0.15, 0.2) is 42.6 Å². The van der Waals surface area contributed by atoms with E-state index in [9.17, 15) is 22.4 Å². The van der Waals surface area contributed by atoms with E-state index in [2.05, 4.69) is 10.3 Å². The number of halogens is 4. The van der Waals surface area contributed by atoms with E-state index in [0.717, 1.165) is 6.07 Å². The lowest BCUT2D eigenvalue weighted by Crippen LogP contribution is -2.48. The summed E-state index contributed by atoms with van der Waals surface area (Å²) in [4.78, 5) is 19.5. The van der Waals surface area contributed by atoms with Gasteiger partial charge in [0.15, 0.2) is 5.82 Å². The van der Waals surface area contributed by atoms with E-state index in [1.807, 2.05) is 4.90 Å². The topological polar surface area (TPSA) is 48.5 Å². The minimum Gasteiger partial charge on any atom is -0.378 e. The highest BCUT2D eigenvalue weighted by molar-refractivity contribution is 5.94. The van der Waals surface area contributed by atoms with Gasteiger partial charge in [0, 0.05) is 61.6 Å². The zero-order valence-corrected chi connectivity index (χ0v) is 18.3. The summed E-state index contributed by atoms with van der Waals surface area (Å²) in [6, 6.07) is 8.11. The standard InChI is InChI=1S/C24H24F4N4O/c1-14(17-4-3-5-18(22(17)26)24(27)28)30-21-6-7-29-23-19(21)12-16(13-20(23)25)32-10-8-31(9-11-32)15(2)33/h3-7,12-14,24H,8-11H2,1-2H3,(H,29,30)/t14-/m1/s1. The third kappa shape index (κ3) is 4.58. The number of alkyl halides is 2. The highest BCUT2D eigenvalue weighted by Crippen LogP contribution is 2.33. The summed E-state index contributed by atoms with van der Waals surface area (Å²) in [7, 11) is 0. The largest absolute Gasteiger partial charge is 0.378 e. The van der Waals surface area contributed by atoms with Gasteiger partial charge in [-0.2, -0.15) is 0 Å². The molecule has 0 unspecified atom stereocenters. The molecule has 0 bridgehead atoms. The van der Waals surface area contributed by atoms with Gasteiger partial charge < -0.3 is 15.1 Å². The maximum Gasteiger partial charge on any atom is 0.266 e. The Labute approximate surface area is 189 Å². The molecule has 0 radical (unpaired) electrons. The van der Waals surface area contributed by atoms with Gasteiger partial charge in [-0.1, -0.05) is 18.2 Å². The second-order valence-electron chi connectivity index (χ2n) is 8.09. The molecule has 2 heterocycles. The van der Waals surface area contributed by atoms with Crippen LogP contribution in [0, 0.1) is 11.6 Å². The molecule has 0 saturated carbocycles. The molecule has 1 fully saturated rings. The van der Waals surface area contributed by atoms with Crippen LogP contribution >= 0.6 is 0 Å². The quantitative estimate of drug-likeness (QED) is 0.526. The number of carbonyl (C=O) groups excluding carboxylic acids is 1. The highest BCUT2D eigenvalue weighted by atomic mass is 19.3. The number of hydrogen-bond acceptors (Lipinski definition) is 4. The van der Waals surface area contributed by atoms with E-state index in [1.54, 1.807) is 24.0 Å². The average molecular weight is 460 g/mol. The molecule has 0 spiro atoms. The van der Waals surface area contributed by atoms with E-state index in [4.69, 9.17) is 0 Å². The van der Waals surface area contributed by atoms with Gasteiger partial charge in [-0.15, -0.1) is 0 Å². The first-order valence-electron chi connectivity index (χ1n) is 10.7. The fraction of sp³-hybridized carbons (Fsp3) is 0.333. The summed E-state index contributed by atoms with van der Waals surface area (Å²) in [6.07, 6.45) is -1.48. The van der Waals surface area contributed by atoms with Crippen LogP contribution < -0.4 is 10.2 Å². The molecule has 1 amide bonds. The van der Waals surface area contributed by atoms with Crippen molar-refractivity contribution >= 4 is 28.2 Å². The minimum absolute atomic E-state index is 0.00663. The van der Waals surface area contributed by atoms with Crippen molar-refractivity contribution in [1.82, 2.24) is 9.88 Å². The second kappa shape index (κ2) is 9.25. The van der Waals surface area contributed by atoms with E-state index in [0.29, 0.717) is 42.9 Å². The van der Waals surface area contributed by atoms with Crippen LogP contribution in [0.1, 0.15) is 37.4 Å². The smallest absolute Gasteiger partial charge is 0.266 e. The zero-order chi connectivity index (χ0) is 23.7. The molecule has 9 heteroatoms. The number of pyridine rings is 1. The van der Waals surface area contributed by atoms with Crippen LogP contribution in [0.5, 0.6) is 0 Å². The number of anilines is 2. The highest BCUT2D eigenvalue weighted by Gasteiger charge is 2.22. The minimum atomic E-state index is -2.92. The maximum atomic E-state index is 14.9. The van der Waals surface area contributed by atoms with Crippen molar-refractivity contribution in [3.8, 4) is 0 Å². The van der Waals surface area contributed by atoms with Crippen molar-refractivity contribution in [2.24, 2.45) is 0 Å². The Morgan fingerprint density at radius 1 is 1.06 bits per heavy atom. The van der Waals surface area contributed by atoms with Gasteiger partial charge in [0.05, 0.1) is 11.6 Å². The number of nitrogens with one attached hydrogen (secondary N) is 1. The number of piperazine rings is 1. The number of aromatic nitrogens is 1. The Kier molecular flexibility index (Phi) is 6.40. The predicted molar refractivity (Wildman–Crippen MR) is 120 cm³/mol. The molecule has 1 atom stereocenters. The van der Waals surface area contributed by atoms with E-state index in [1.165, 1.54) is 31.3 Å². The van der Waals surface area contributed by atoms with Gasteiger partial charge in [0.2, 0.25) is 5.91 Å². The van der Waals surface area contributed by atoms with Crippen molar-refractivity contribution < 1.29 is 22.4 Å². The van der Waals surface area contributed by atoms with Crippen molar-refractivity contribution in [3.63, 3.8) is 0 Å². The molecule has 1 aliphatic heterocycles. The fourth-order valence-electron chi connectivity index (χ4n) is 4.17. The number of benzene rings is 2. The van der Waals surface area contributed by atoms with Gasteiger partial charge in [-0.3, -0.25) is 9.78 Å². The number of nitrogens with zero attached hydrogens (tertiary/aromatic N) is 3. The third-order valence-corrected chi connectivity index (χ3v) is 6.01. The van der Waals surface area contributed by atoms with Crippen molar-refractivity contribution in [2.45, 2.75) is 26.3 Å². The lowest BCUT2D eigenvalue weighted by molar-refractivity contribution is -0.129. The summed E-state index contributed by atoms with van der Waals surface area (Å²) in [5, 5.41) is 3.62. The summed E-state index contributed by atoms with van der Waals surface area (Å²) >= 11 is 0. The first-order valence-corrected chi connectivity index (χ1v) is 10.7. The van der Waals surface area contributed by atoms with Crippen molar-refractivity contribution in [2.75, 3.05) is 36.4 Å². The van der Waals surface area contributed by atoms with Crippen molar-refractivity contribution in [1.29, 1.82) is 0 Å². The summed E-state index contributed by atoms with van der Waals surface area (Å²) in [5.74, 6) is -1.45. The zero-order valence-electron chi connectivity index (χ0n) is 18.3. The Morgan fingerprint density at radius 2 is 1.76 bits per heavy atom. The van der Waals surface area contributed by atoms with Gasteiger partial charge in [0.1, 0.15) is 11.3 Å². The first kappa shape index (κ1) is 22.8. The van der Waals surface area contributed by atoms with Crippen LogP contribution in [-0.4, -0.2) is 42.0 Å². The Morgan fingerprint density at radius 3 is 2.42 bits per heavy atom. The van der Waals surface area contributed by atoms with Crippen LogP contribution in [0.25, 0.3) is 10.9 Å². The Balaban J connectivity index is 1.65. The van der Waals surface area contributed by atoms with Gasteiger partial charge in [-0.05, 0) is 25.1 Å². The fourth-order valence-corrected chi connectivity index (χ4v) is 4.17. The molecule has 174 valence electrons. The molecule has 2 aromatic carbocycles. The monoisotopic (exact) mass is 460 g/mol. The van der Waals surface area contributed by atoms with Gasteiger partial charge in [0.25, 0.3) is 6.43 Å². The van der Waals surface area contributed by atoms with Crippen LogP contribution in [-0.2, 0) is 4.79 Å². The predicted octanol–water partition coefficient (Wildman–Crippen LogP) is 5.29.